The van der Waals surface area contributed by atoms with Crippen molar-refractivity contribution in [2.24, 2.45) is 5.73 Å². The van der Waals surface area contributed by atoms with Crippen LogP contribution in [0.1, 0.15) is 23.6 Å². The van der Waals surface area contributed by atoms with Crippen LogP contribution in [0.3, 0.4) is 0 Å². The first-order chi connectivity index (χ1) is 10.8. The minimum absolute atomic E-state index is 0.326. The number of hydrazine groups is 1. The molecule has 4 heteroatoms. The van der Waals surface area contributed by atoms with Crippen LogP contribution in [0.5, 0.6) is 5.75 Å². The minimum Gasteiger partial charge on any atom is -0.493 e. The fourth-order valence-corrected chi connectivity index (χ4v) is 2.72. The summed E-state index contributed by atoms with van der Waals surface area (Å²) in [7, 11) is 0. The fraction of sp³-hybridized carbons (Fsp3) is 0.333. The molecule has 1 fully saturated rings. The highest BCUT2D eigenvalue weighted by Crippen LogP contribution is 2.24. The highest BCUT2D eigenvalue weighted by atomic mass is 16.5. The van der Waals surface area contributed by atoms with Gasteiger partial charge in [0, 0.05) is 25.0 Å². The standard InChI is InChI=1S/C18H23N3O/c19-13-16-12-18(21-20-16)15-6-8-17(9-7-15)22-11-10-14-4-2-1-3-5-14/h1-9,16,18,20-21H,10-13,19H2. The fourth-order valence-electron chi connectivity index (χ4n) is 2.72. The first-order valence-electron chi connectivity index (χ1n) is 7.83. The minimum atomic E-state index is 0.326. The summed E-state index contributed by atoms with van der Waals surface area (Å²) in [5.74, 6) is 0.918. The van der Waals surface area contributed by atoms with Gasteiger partial charge in [0.2, 0.25) is 0 Å². The topological polar surface area (TPSA) is 59.3 Å². The van der Waals surface area contributed by atoms with Crippen LogP contribution in [0.2, 0.25) is 0 Å². The second-order valence-electron chi connectivity index (χ2n) is 5.66. The van der Waals surface area contributed by atoms with Gasteiger partial charge in [0.25, 0.3) is 0 Å². The van der Waals surface area contributed by atoms with Gasteiger partial charge >= 0.3 is 0 Å². The Balaban J connectivity index is 1.49. The van der Waals surface area contributed by atoms with Crippen LogP contribution in [0.4, 0.5) is 0 Å². The normalized spacial score (nSPS) is 21.0. The maximum atomic E-state index is 5.81. The van der Waals surface area contributed by atoms with Crippen LogP contribution in [0.15, 0.2) is 54.6 Å². The summed E-state index contributed by atoms with van der Waals surface area (Å²) in [6, 6.07) is 19.4. The molecule has 2 aromatic rings. The Morgan fingerprint density at radius 1 is 1.00 bits per heavy atom. The first-order valence-corrected chi connectivity index (χ1v) is 7.83. The van der Waals surface area contributed by atoms with Gasteiger partial charge in [0.1, 0.15) is 5.75 Å². The highest BCUT2D eigenvalue weighted by molar-refractivity contribution is 5.30. The molecule has 1 aliphatic rings. The van der Waals surface area contributed by atoms with Crippen molar-refractivity contribution in [3.63, 3.8) is 0 Å². The van der Waals surface area contributed by atoms with Crippen LogP contribution >= 0.6 is 0 Å². The monoisotopic (exact) mass is 297 g/mol. The Morgan fingerprint density at radius 3 is 2.45 bits per heavy atom. The van der Waals surface area contributed by atoms with Crippen molar-refractivity contribution in [2.75, 3.05) is 13.2 Å². The number of ether oxygens (including phenoxy) is 1. The van der Waals surface area contributed by atoms with E-state index < -0.39 is 0 Å². The zero-order valence-corrected chi connectivity index (χ0v) is 12.7. The lowest BCUT2D eigenvalue weighted by atomic mass is 10.0. The lowest BCUT2D eigenvalue weighted by Gasteiger charge is -2.11. The number of nitrogens with two attached hydrogens (primary N) is 1. The third kappa shape index (κ3) is 3.85. The van der Waals surface area contributed by atoms with Crippen molar-refractivity contribution in [3.8, 4) is 5.75 Å². The maximum Gasteiger partial charge on any atom is 0.119 e. The van der Waals surface area contributed by atoms with Gasteiger partial charge in [-0.1, -0.05) is 42.5 Å². The Bertz CT molecular complexity index is 571. The van der Waals surface area contributed by atoms with E-state index in [9.17, 15) is 0 Å². The summed E-state index contributed by atoms with van der Waals surface area (Å²) in [5.41, 5.74) is 14.7. The molecule has 0 radical (unpaired) electrons. The Kier molecular flexibility index (Phi) is 5.06. The Hall–Kier alpha value is -1.88. The number of hydrogen-bond acceptors (Lipinski definition) is 4. The van der Waals surface area contributed by atoms with E-state index in [0.29, 0.717) is 25.2 Å². The van der Waals surface area contributed by atoms with Crippen LogP contribution in [0, 0.1) is 0 Å². The molecule has 1 heterocycles. The molecule has 22 heavy (non-hydrogen) atoms. The molecule has 4 N–H and O–H groups in total. The Morgan fingerprint density at radius 2 is 1.77 bits per heavy atom. The van der Waals surface area contributed by atoms with Gasteiger partial charge in [-0.05, 0) is 29.7 Å². The van der Waals surface area contributed by atoms with E-state index in [0.717, 1.165) is 18.6 Å². The summed E-state index contributed by atoms with van der Waals surface area (Å²) in [4.78, 5) is 0. The van der Waals surface area contributed by atoms with E-state index in [-0.39, 0.29) is 0 Å². The second-order valence-corrected chi connectivity index (χ2v) is 5.66. The van der Waals surface area contributed by atoms with Crippen LogP contribution < -0.4 is 21.3 Å². The number of benzene rings is 2. The zero-order valence-electron chi connectivity index (χ0n) is 12.7. The Labute approximate surface area is 131 Å². The van der Waals surface area contributed by atoms with Gasteiger partial charge in [-0.25, -0.2) is 5.43 Å². The predicted molar refractivity (Wildman–Crippen MR) is 88.6 cm³/mol. The lowest BCUT2D eigenvalue weighted by molar-refractivity contribution is 0.322. The second kappa shape index (κ2) is 7.40. The molecule has 2 aromatic carbocycles. The maximum absolute atomic E-state index is 5.81. The van der Waals surface area contributed by atoms with Crippen molar-refractivity contribution < 1.29 is 4.74 Å². The molecule has 0 amide bonds. The van der Waals surface area contributed by atoms with Gasteiger partial charge in [-0.15, -0.1) is 0 Å². The number of nitrogens with one attached hydrogen (secondary N) is 2. The quantitative estimate of drug-likeness (QED) is 0.765. The molecule has 2 atom stereocenters. The summed E-state index contributed by atoms with van der Waals surface area (Å²) < 4.78 is 5.81. The molecule has 1 saturated heterocycles. The van der Waals surface area contributed by atoms with Gasteiger partial charge in [-0.2, -0.15) is 0 Å². The zero-order chi connectivity index (χ0) is 15.2. The summed E-state index contributed by atoms with van der Waals surface area (Å²) in [6.45, 7) is 1.35. The van der Waals surface area contributed by atoms with Crippen LogP contribution in [0.25, 0.3) is 0 Å². The molecule has 3 rings (SSSR count). The van der Waals surface area contributed by atoms with Crippen molar-refractivity contribution in [2.45, 2.75) is 24.9 Å². The van der Waals surface area contributed by atoms with Crippen molar-refractivity contribution in [3.05, 3.63) is 65.7 Å². The van der Waals surface area contributed by atoms with Gasteiger partial charge in [0.05, 0.1) is 6.61 Å². The van der Waals surface area contributed by atoms with Gasteiger partial charge in [-0.3, -0.25) is 5.43 Å². The van der Waals surface area contributed by atoms with E-state index in [4.69, 9.17) is 10.5 Å². The molecular formula is C18H23N3O. The van der Waals surface area contributed by atoms with Crippen molar-refractivity contribution >= 4 is 0 Å². The summed E-state index contributed by atoms with van der Waals surface area (Å²) >= 11 is 0. The third-order valence-electron chi connectivity index (χ3n) is 4.05. The molecule has 0 bridgehead atoms. The van der Waals surface area contributed by atoms with E-state index in [1.165, 1.54) is 11.1 Å². The highest BCUT2D eigenvalue weighted by Gasteiger charge is 2.23. The molecule has 2 unspecified atom stereocenters. The molecule has 1 aliphatic heterocycles. The van der Waals surface area contributed by atoms with Gasteiger partial charge in [0.15, 0.2) is 0 Å². The number of rotatable bonds is 6. The van der Waals surface area contributed by atoms with Gasteiger partial charge < -0.3 is 10.5 Å². The molecule has 4 nitrogen and oxygen atoms in total. The molecule has 0 aromatic heterocycles. The lowest BCUT2D eigenvalue weighted by Crippen LogP contribution is -2.35. The molecule has 0 aliphatic carbocycles. The van der Waals surface area contributed by atoms with Crippen LogP contribution in [-0.4, -0.2) is 19.2 Å². The summed E-state index contributed by atoms with van der Waals surface area (Å²) in [5, 5.41) is 0. The summed E-state index contributed by atoms with van der Waals surface area (Å²) in [6.07, 6.45) is 1.94. The smallest absolute Gasteiger partial charge is 0.119 e. The average Bonchev–Trinajstić information content (AvgIpc) is 3.06. The largest absolute Gasteiger partial charge is 0.493 e. The molecule has 116 valence electrons. The predicted octanol–water partition coefficient (Wildman–Crippen LogP) is 2.17. The van der Waals surface area contributed by atoms with E-state index in [2.05, 4.69) is 47.2 Å². The first kappa shape index (κ1) is 15.0. The van der Waals surface area contributed by atoms with Crippen LogP contribution in [-0.2, 0) is 6.42 Å². The van der Waals surface area contributed by atoms with Crippen molar-refractivity contribution in [1.29, 1.82) is 0 Å². The average molecular weight is 297 g/mol. The molecule has 0 spiro atoms. The van der Waals surface area contributed by atoms with E-state index in [1.807, 2.05) is 18.2 Å². The SMILES string of the molecule is NCC1CC(c2ccc(OCCc3ccccc3)cc2)NN1. The van der Waals surface area contributed by atoms with Crippen molar-refractivity contribution in [1.82, 2.24) is 10.9 Å². The van der Waals surface area contributed by atoms with E-state index in [1.54, 1.807) is 0 Å². The third-order valence-corrected chi connectivity index (χ3v) is 4.05. The number of hydrogen-bond donors (Lipinski definition) is 3. The van der Waals surface area contributed by atoms with E-state index >= 15 is 0 Å². The molecular weight excluding hydrogens is 274 g/mol. The molecule has 0 saturated carbocycles.